The number of hydrogen-bond donors (Lipinski definition) is 2. The third kappa shape index (κ3) is 3.15. The van der Waals surface area contributed by atoms with Crippen molar-refractivity contribution in [3.05, 3.63) is 35.4 Å². The summed E-state index contributed by atoms with van der Waals surface area (Å²) in [4.78, 5) is 9.00. The maximum absolute atomic E-state index is 9.00. The molecule has 0 bridgehead atoms. The Balaban J connectivity index is 0.000000184. The molecule has 70 valence electrons. The second kappa shape index (κ2) is 4.50. The molecule has 0 saturated heterocycles. The first-order valence-corrected chi connectivity index (χ1v) is 4.32. The van der Waals surface area contributed by atoms with E-state index in [0.29, 0.717) is 0 Å². The number of aryl methyl sites for hydroxylation is 2. The normalized spacial score (nSPS) is 12.6. The number of primary amides is 2. The van der Waals surface area contributed by atoms with Crippen LogP contribution in [-0.4, -0.2) is 6.03 Å². The molecule has 1 aliphatic carbocycles. The Morgan fingerprint density at radius 3 is 1.85 bits per heavy atom. The molecule has 4 N–H and O–H groups in total. The van der Waals surface area contributed by atoms with Crippen LogP contribution >= 0.6 is 0 Å². The topological polar surface area (TPSA) is 69.1 Å². The number of amides is 2. The third-order valence-electron chi connectivity index (χ3n) is 2.01. The Morgan fingerprint density at radius 1 is 1.08 bits per heavy atom. The first-order valence-electron chi connectivity index (χ1n) is 4.32. The van der Waals surface area contributed by atoms with Crippen molar-refractivity contribution >= 4 is 6.03 Å². The Kier molecular flexibility index (Phi) is 3.31. The predicted molar refractivity (Wildman–Crippen MR) is 52.2 cm³/mol. The first kappa shape index (κ1) is 9.58. The van der Waals surface area contributed by atoms with Crippen molar-refractivity contribution in [1.82, 2.24) is 0 Å². The van der Waals surface area contributed by atoms with Crippen molar-refractivity contribution in [2.24, 2.45) is 11.5 Å². The van der Waals surface area contributed by atoms with Gasteiger partial charge in [0.1, 0.15) is 0 Å². The van der Waals surface area contributed by atoms with Crippen LogP contribution in [0.25, 0.3) is 0 Å². The molecular formula is C10H14N2O. The molecule has 0 atom stereocenters. The molecule has 13 heavy (non-hydrogen) atoms. The van der Waals surface area contributed by atoms with Gasteiger partial charge in [0.15, 0.2) is 0 Å². The smallest absolute Gasteiger partial charge is 0.309 e. The van der Waals surface area contributed by atoms with Gasteiger partial charge in [-0.15, -0.1) is 0 Å². The lowest BCUT2D eigenvalue weighted by Gasteiger charge is -1.93. The van der Waals surface area contributed by atoms with E-state index in [2.05, 4.69) is 35.7 Å². The van der Waals surface area contributed by atoms with E-state index in [-0.39, 0.29) is 0 Å². The second-order valence-electron chi connectivity index (χ2n) is 3.02. The monoisotopic (exact) mass is 178 g/mol. The standard InChI is InChI=1S/C9H10.CH4N2O/c1-2-5-9-7-3-6-8(9)4-1;2-1(3)4/h1-2,4-5H,3,6-7H2;(H4,2,3,4). The highest BCUT2D eigenvalue weighted by molar-refractivity contribution is 5.69. The van der Waals surface area contributed by atoms with Crippen LogP contribution in [0.15, 0.2) is 24.3 Å². The van der Waals surface area contributed by atoms with Crippen LogP contribution in [0.4, 0.5) is 4.79 Å². The zero-order valence-electron chi connectivity index (χ0n) is 7.49. The van der Waals surface area contributed by atoms with Crippen molar-refractivity contribution in [2.75, 3.05) is 0 Å². The summed E-state index contributed by atoms with van der Waals surface area (Å²) in [6.45, 7) is 0. The van der Waals surface area contributed by atoms with Crippen LogP contribution in [0.5, 0.6) is 0 Å². The number of carbonyl (C=O) groups excluding carboxylic acids is 1. The van der Waals surface area contributed by atoms with Gasteiger partial charge in [-0.1, -0.05) is 24.3 Å². The fourth-order valence-electron chi connectivity index (χ4n) is 1.51. The lowest BCUT2D eigenvalue weighted by atomic mass is 10.1. The molecule has 0 radical (unpaired) electrons. The van der Waals surface area contributed by atoms with Gasteiger partial charge in [-0.25, -0.2) is 4.79 Å². The summed E-state index contributed by atoms with van der Waals surface area (Å²) < 4.78 is 0. The minimum absolute atomic E-state index is 0.833. The fourth-order valence-corrected chi connectivity index (χ4v) is 1.51. The van der Waals surface area contributed by atoms with Crippen LogP contribution in [0.2, 0.25) is 0 Å². The van der Waals surface area contributed by atoms with Gasteiger partial charge in [-0.2, -0.15) is 0 Å². The van der Waals surface area contributed by atoms with Gasteiger partial charge in [0.2, 0.25) is 0 Å². The number of benzene rings is 1. The lowest BCUT2D eigenvalue weighted by molar-refractivity contribution is 0.256. The zero-order chi connectivity index (χ0) is 9.68. The second-order valence-corrected chi connectivity index (χ2v) is 3.02. The van der Waals surface area contributed by atoms with Gasteiger partial charge in [0, 0.05) is 0 Å². The molecule has 0 unspecified atom stereocenters. The average molecular weight is 178 g/mol. The Labute approximate surface area is 77.7 Å². The molecule has 1 aliphatic rings. The van der Waals surface area contributed by atoms with Crippen LogP contribution in [-0.2, 0) is 12.8 Å². The highest BCUT2D eigenvalue weighted by Gasteiger charge is 2.07. The van der Waals surface area contributed by atoms with E-state index in [4.69, 9.17) is 4.79 Å². The van der Waals surface area contributed by atoms with E-state index in [1.165, 1.54) is 19.3 Å². The number of carbonyl (C=O) groups is 1. The summed E-state index contributed by atoms with van der Waals surface area (Å²) in [5, 5.41) is 0. The summed E-state index contributed by atoms with van der Waals surface area (Å²) in [6, 6.07) is 7.90. The van der Waals surface area contributed by atoms with Gasteiger partial charge in [0.05, 0.1) is 0 Å². The van der Waals surface area contributed by atoms with Gasteiger partial charge in [-0.3, -0.25) is 0 Å². The highest BCUT2D eigenvalue weighted by Crippen LogP contribution is 2.20. The molecule has 3 nitrogen and oxygen atoms in total. The van der Waals surface area contributed by atoms with E-state index < -0.39 is 6.03 Å². The highest BCUT2D eigenvalue weighted by atomic mass is 16.2. The van der Waals surface area contributed by atoms with E-state index in [1.54, 1.807) is 11.1 Å². The summed E-state index contributed by atoms with van der Waals surface area (Å²) in [5.41, 5.74) is 11.6. The average Bonchev–Trinajstić information content (AvgIpc) is 2.49. The Morgan fingerprint density at radius 2 is 1.46 bits per heavy atom. The Hall–Kier alpha value is -1.51. The minimum Gasteiger partial charge on any atom is -0.352 e. The molecule has 0 fully saturated rings. The van der Waals surface area contributed by atoms with E-state index >= 15 is 0 Å². The van der Waals surface area contributed by atoms with E-state index in [1.807, 2.05) is 0 Å². The Bertz CT molecular complexity index is 270. The summed E-state index contributed by atoms with van der Waals surface area (Å²) >= 11 is 0. The van der Waals surface area contributed by atoms with Crippen LogP contribution in [0, 0.1) is 0 Å². The number of hydrogen-bond acceptors (Lipinski definition) is 1. The number of urea groups is 1. The quantitative estimate of drug-likeness (QED) is 0.615. The maximum atomic E-state index is 9.00. The minimum atomic E-state index is -0.833. The van der Waals surface area contributed by atoms with E-state index in [0.717, 1.165) is 0 Å². The van der Waals surface area contributed by atoms with Gasteiger partial charge in [-0.05, 0) is 30.4 Å². The predicted octanol–water partition coefficient (Wildman–Crippen LogP) is 1.20. The van der Waals surface area contributed by atoms with Crippen molar-refractivity contribution in [2.45, 2.75) is 19.3 Å². The maximum Gasteiger partial charge on any atom is 0.309 e. The van der Waals surface area contributed by atoms with Gasteiger partial charge in [0.25, 0.3) is 0 Å². The van der Waals surface area contributed by atoms with E-state index in [9.17, 15) is 0 Å². The van der Waals surface area contributed by atoms with Crippen LogP contribution < -0.4 is 11.5 Å². The molecule has 0 spiro atoms. The van der Waals surface area contributed by atoms with Crippen molar-refractivity contribution in [1.29, 1.82) is 0 Å². The lowest BCUT2D eigenvalue weighted by Crippen LogP contribution is -2.18. The van der Waals surface area contributed by atoms with Gasteiger partial charge < -0.3 is 11.5 Å². The molecule has 1 aromatic rings. The molecule has 1 aromatic carbocycles. The largest absolute Gasteiger partial charge is 0.352 e. The van der Waals surface area contributed by atoms with Crippen molar-refractivity contribution in [3.8, 4) is 0 Å². The fraction of sp³-hybridized carbons (Fsp3) is 0.300. The molecule has 0 aromatic heterocycles. The summed E-state index contributed by atoms with van der Waals surface area (Å²) in [7, 11) is 0. The first-order chi connectivity index (χ1) is 6.20. The summed E-state index contributed by atoms with van der Waals surface area (Å²) in [6.07, 6.45) is 3.96. The molecule has 0 heterocycles. The molecule has 2 amide bonds. The van der Waals surface area contributed by atoms with Gasteiger partial charge >= 0.3 is 6.03 Å². The number of fused-ring (bicyclic) bond motifs is 1. The van der Waals surface area contributed by atoms with Crippen molar-refractivity contribution < 1.29 is 4.79 Å². The molecule has 3 heteroatoms. The summed E-state index contributed by atoms with van der Waals surface area (Å²) in [5.74, 6) is 0. The molecule has 0 aliphatic heterocycles. The molecular weight excluding hydrogens is 164 g/mol. The number of nitrogens with two attached hydrogens (primary N) is 2. The molecule has 2 rings (SSSR count). The van der Waals surface area contributed by atoms with Crippen molar-refractivity contribution in [3.63, 3.8) is 0 Å². The van der Waals surface area contributed by atoms with Crippen LogP contribution in [0.1, 0.15) is 17.5 Å². The molecule has 0 saturated carbocycles. The number of rotatable bonds is 0. The third-order valence-corrected chi connectivity index (χ3v) is 2.01. The SMILES string of the molecule is NC(N)=O.c1ccc2c(c1)CCC2. The van der Waals surface area contributed by atoms with Crippen LogP contribution in [0.3, 0.4) is 0 Å². The zero-order valence-corrected chi connectivity index (χ0v) is 7.49.